The van der Waals surface area contributed by atoms with E-state index in [-0.39, 0.29) is 6.04 Å². The van der Waals surface area contributed by atoms with Crippen molar-refractivity contribution in [2.75, 3.05) is 18.4 Å². The lowest BCUT2D eigenvalue weighted by Gasteiger charge is -2.33. The second-order valence-electron chi connectivity index (χ2n) is 6.23. The van der Waals surface area contributed by atoms with Gasteiger partial charge in [-0.15, -0.1) is 0 Å². The molecule has 0 bridgehead atoms. The summed E-state index contributed by atoms with van der Waals surface area (Å²) in [5.74, 6) is 0. The van der Waals surface area contributed by atoms with Crippen molar-refractivity contribution in [1.29, 1.82) is 0 Å². The van der Waals surface area contributed by atoms with E-state index in [1.807, 2.05) is 19.9 Å². The van der Waals surface area contributed by atoms with E-state index >= 15 is 0 Å². The van der Waals surface area contributed by atoms with E-state index in [2.05, 4.69) is 5.32 Å². The summed E-state index contributed by atoms with van der Waals surface area (Å²) in [5, 5.41) is 3.37. The number of rotatable bonds is 2. The molecule has 0 radical (unpaired) electrons. The van der Waals surface area contributed by atoms with Crippen LogP contribution < -0.4 is 5.32 Å². The minimum atomic E-state index is -3.38. The zero-order valence-electron chi connectivity index (χ0n) is 12.9. The molecule has 1 atom stereocenters. The summed E-state index contributed by atoms with van der Waals surface area (Å²) in [5.41, 5.74) is 3.15. The van der Waals surface area contributed by atoms with Gasteiger partial charge in [0.2, 0.25) is 10.0 Å². The van der Waals surface area contributed by atoms with E-state index in [0.717, 1.165) is 55.5 Å². The fraction of sp³-hybridized carbons (Fsp3) is 0.625. The zero-order valence-corrected chi connectivity index (χ0v) is 13.7. The standard InChI is InChI=1S/C16H24N2O2S/c1-12-8-9-15(14-7-5-10-17-16(12)14)21(19,20)18-11-4-3-6-13(18)2/h8-9,13,17H,3-7,10-11H2,1-2H3. The molecule has 4 nitrogen and oxygen atoms in total. The number of hydrogen-bond acceptors (Lipinski definition) is 3. The molecule has 2 aliphatic rings. The predicted octanol–water partition coefficient (Wildman–Crippen LogP) is 2.92. The van der Waals surface area contributed by atoms with Crippen molar-refractivity contribution in [3.63, 3.8) is 0 Å². The van der Waals surface area contributed by atoms with Crippen LogP contribution in [0.25, 0.3) is 0 Å². The summed E-state index contributed by atoms with van der Waals surface area (Å²) in [6, 6.07) is 3.84. The van der Waals surface area contributed by atoms with Gasteiger partial charge in [-0.2, -0.15) is 4.31 Å². The van der Waals surface area contributed by atoms with Crippen LogP contribution in [0.4, 0.5) is 5.69 Å². The number of nitrogens with zero attached hydrogens (tertiary/aromatic N) is 1. The molecule has 1 unspecified atom stereocenters. The number of aryl methyl sites for hydroxylation is 1. The topological polar surface area (TPSA) is 49.4 Å². The molecular weight excluding hydrogens is 284 g/mol. The smallest absolute Gasteiger partial charge is 0.243 e. The third-order valence-electron chi connectivity index (χ3n) is 4.71. The summed E-state index contributed by atoms with van der Waals surface area (Å²) in [7, 11) is -3.38. The highest BCUT2D eigenvalue weighted by atomic mass is 32.2. The Balaban J connectivity index is 2.07. The number of hydrogen-bond donors (Lipinski definition) is 1. The first-order chi connectivity index (χ1) is 10.0. The average Bonchev–Trinajstić information content (AvgIpc) is 2.48. The monoisotopic (exact) mass is 308 g/mol. The van der Waals surface area contributed by atoms with Gasteiger partial charge in [0.25, 0.3) is 0 Å². The molecule has 0 saturated carbocycles. The molecule has 1 aromatic carbocycles. The van der Waals surface area contributed by atoms with Gasteiger partial charge in [0.1, 0.15) is 0 Å². The van der Waals surface area contributed by atoms with Crippen molar-refractivity contribution in [3.8, 4) is 0 Å². The molecule has 2 heterocycles. The summed E-state index contributed by atoms with van der Waals surface area (Å²) < 4.78 is 27.9. The lowest BCUT2D eigenvalue weighted by atomic mass is 10.00. The molecule has 0 spiro atoms. The van der Waals surface area contributed by atoms with Gasteiger partial charge in [0.15, 0.2) is 0 Å². The Bertz CT molecular complexity index is 640. The number of nitrogens with one attached hydrogen (secondary N) is 1. The molecule has 0 amide bonds. The molecule has 116 valence electrons. The summed E-state index contributed by atoms with van der Waals surface area (Å²) in [6.45, 7) is 5.64. The first-order valence-electron chi connectivity index (χ1n) is 7.90. The first-order valence-corrected chi connectivity index (χ1v) is 9.34. The second kappa shape index (κ2) is 5.61. The van der Waals surface area contributed by atoms with Crippen molar-refractivity contribution in [1.82, 2.24) is 4.31 Å². The largest absolute Gasteiger partial charge is 0.385 e. The molecule has 5 heteroatoms. The van der Waals surface area contributed by atoms with Crippen LogP contribution in [0.15, 0.2) is 17.0 Å². The maximum Gasteiger partial charge on any atom is 0.243 e. The Hall–Kier alpha value is -1.07. The van der Waals surface area contributed by atoms with E-state index in [1.165, 1.54) is 0 Å². The molecule has 21 heavy (non-hydrogen) atoms. The van der Waals surface area contributed by atoms with E-state index in [9.17, 15) is 8.42 Å². The van der Waals surface area contributed by atoms with Gasteiger partial charge in [0, 0.05) is 24.8 Å². The van der Waals surface area contributed by atoms with Crippen molar-refractivity contribution >= 4 is 15.7 Å². The minimum absolute atomic E-state index is 0.109. The zero-order chi connectivity index (χ0) is 15.0. The third kappa shape index (κ3) is 2.57. The van der Waals surface area contributed by atoms with E-state index in [1.54, 1.807) is 10.4 Å². The van der Waals surface area contributed by atoms with Crippen LogP contribution in [0.3, 0.4) is 0 Å². The Morgan fingerprint density at radius 2 is 2.05 bits per heavy atom. The number of anilines is 1. The molecule has 1 saturated heterocycles. The number of piperidine rings is 1. The van der Waals surface area contributed by atoms with Crippen molar-refractivity contribution in [2.45, 2.75) is 56.9 Å². The predicted molar refractivity (Wildman–Crippen MR) is 85.2 cm³/mol. The molecule has 1 fully saturated rings. The minimum Gasteiger partial charge on any atom is -0.385 e. The number of sulfonamides is 1. The quantitative estimate of drug-likeness (QED) is 0.914. The van der Waals surface area contributed by atoms with E-state index < -0.39 is 10.0 Å². The van der Waals surface area contributed by atoms with Gasteiger partial charge in [0.05, 0.1) is 4.90 Å². The fourth-order valence-electron chi connectivity index (χ4n) is 3.52. The first kappa shape index (κ1) is 14.9. The SMILES string of the molecule is Cc1ccc(S(=O)(=O)N2CCCCC2C)c2c1NCCC2. The van der Waals surface area contributed by atoms with Gasteiger partial charge < -0.3 is 5.32 Å². The Labute approximate surface area is 127 Å². The van der Waals surface area contributed by atoms with Crippen LogP contribution in [-0.2, 0) is 16.4 Å². The Morgan fingerprint density at radius 3 is 2.81 bits per heavy atom. The van der Waals surface area contributed by atoms with E-state index in [4.69, 9.17) is 0 Å². The molecule has 0 aliphatic carbocycles. The van der Waals surface area contributed by atoms with Gasteiger partial charge in [-0.1, -0.05) is 12.5 Å². The maximum absolute atomic E-state index is 13.1. The molecule has 3 rings (SSSR count). The lowest BCUT2D eigenvalue weighted by Crippen LogP contribution is -2.42. The van der Waals surface area contributed by atoms with Crippen LogP contribution >= 0.6 is 0 Å². The fourth-order valence-corrected chi connectivity index (χ4v) is 5.47. The van der Waals surface area contributed by atoms with Crippen molar-refractivity contribution < 1.29 is 8.42 Å². The lowest BCUT2D eigenvalue weighted by molar-refractivity contribution is 0.268. The van der Waals surface area contributed by atoms with Crippen LogP contribution in [-0.4, -0.2) is 31.9 Å². The molecule has 1 aromatic rings. The normalized spacial score (nSPS) is 23.4. The average molecular weight is 308 g/mol. The van der Waals surface area contributed by atoms with Crippen LogP contribution in [0.5, 0.6) is 0 Å². The number of benzene rings is 1. The van der Waals surface area contributed by atoms with Gasteiger partial charge >= 0.3 is 0 Å². The highest BCUT2D eigenvalue weighted by molar-refractivity contribution is 7.89. The molecule has 2 aliphatic heterocycles. The van der Waals surface area contributed by atoms with Gasteiger partial charge in [-0.25, -0.2) is 8.42 Å². The van der Waals surface area contributed by atoms with E-state index in [0.29, 0.717) is 11.4 Å². The maximum atomic E-state index is 13.1. The summed E-state index contributed by atoms with van der Waals surface area (Å²) in [6.07, 6.45) is 4.90. The summed E-state index contributed by atoms with van der Waals surface area (Å²) in [4.78, 5) is 0.518. The number of fused-ring (bicyclic) bond motifs is 1. The molecular formula is C16H24N2O2S. The van der Waals surface area contributed by atoms with Crippen molar-refractivity contribution in [3.05, 3.63) is 23.3 Å². The van der Waals surface area contributed by atoms with Crippen LogP contribution in [0.1, 0.15) is 43.7 Å². The van der Waals surface area contributed by atoms with Gasteiger partial charge in [-0.05, 0) is 56.7 Å². The van der Waals surface area contributed by atoms with Crippen LogP contribution in [0.2, 0.25) is 0 Å². The highest BCUT2D eigenvalue weighted by Crippen LogP contribution is 2.34. The van der Waals surface area contributed by atoms with Crippen LogP contribution in [0, 0.1) is 6.92 Å². The Kier molecular flexibility index (Phi) is 3.97. The van der Waals surface area contributed by atoms with Crippen molar-refractivity contribution in [2.24, 2.45) is 0 Å². The third-order valence-corrected chi connectivity index (χ3v) is 6.81. The Morgan fingerprint density at radius 1 is 1.24 bits per heavy atom. The summed E-state index contributed by atoms with van der Waals surface area (Å²) >= 11 is 0. The molecule has 0 aromatic heterocycles. The second-order valence-corrected chi connectivity index (χ2v) is 8.08. The molecule has 1 N–H and O–H groups in total. The highest BCUT2D eigenvalue weighted by Gasteiger charge is 2.33. The van der Waals surface area contributed by atoms with Gasteiger partial charge in [-0.3, -0.25) is 0 Å².